The Morgan fingerprint density at radius 2 is 2.04 bits per heavy atom. The maximum Gasteiger partial charge on any atom is 0.251 e. The third kappa shape index (κ3) is 2.76. The summed E-state index contributed by atoms with van der Waals surface area (Å²) < 4.78 is 11.1. The molecule has 4 rings (SSSR count). The van der Waals surface area contributed by atoms with Crippen molar-refractivity contribution in [3.63, 3.8) is 0 Å². The molecular formula is C20H19NO4. The van der Waals surface area contributed by atoms with Gasteiger partial charge in [-0.3, -0.25) is 9.59 Å². The van der Waals surface area contributed by atoms with Crippen molar-refractivity contribution in [3.05, 3.63) is 58.7 Å². The molecule has 1 heterocycles. The van der Waals surface area contributed by atoms with E-state index in [0.29, 0.717) is 42.7 Å². The molecule has 0 bridgehead atoms. The van der Waals surface area contributed by atoms with Gasteiger partial charge in [0.1, 0.15) is 6.61 Å². The standard InChI is InChI=1S/C20H19NO4/c1-24-18-7-2-4-12-10-13(11-25-19(12)18)21-20(23)16-6-3-5-15-14(16)8-9-17(15)22/h2-7,13H,8-11H2,1H3,(H,21,23). The van der Waals surface area contributed by atoms with Gasteiger partial charge >= 0.3 is 0 Å². The predicted molar refractivity (Wildman–Crippen MR) is 92.5 cm³/mol. The van der Waals surface area contributed by atoms with Gasteiger partial charge in [-0.25, -0.2) is 0 Å². The molecule has 5 nitrogen and oxygen atoms in total. The molecule has 1 atom stereocenters. The van der Waals surface area contributed by atoms with Crippen LogP contribution in [-0.2, 0) is 12.8 Å². The van der Waals surface area contributed by atoms with Crippen LogP contribution in [0.1, 0.15) is 38.3 Å². The minimum absolute atomic E-state index is 0.111. The number of ketones is 1. The molecule has 0 saturated carbocycles. The third-order valence-electron chi connectivity index (χ3n) is 4.83. The molecule has 0 saturated heterocycles. The van der Waals surface area contributed by atoms with Crippen molar-refractivity contribution in [1.29, 1.82) is 0 Å². The Kier molecular flexibility index (Phi) is 3.92. The van der Waals surface area contributed by atoms with E-state index in [2.05, 4.69) is 5.32 Å². The molecule has 1 aliphatic carbocycles. The van der Waals surface area contributed by atoms with Crippen molar-refractivity contribution < 1.29 is 19.1 Å². The Bertz CT molecular complexity index is 859. The van der Waals surface area contributed by atoms with E-state index < -0.39 is 0 Å². The predicted octanol–water partition coefficient (Wildman–Crippen LogP) is 2.56. The lowest BCUT2D eigenvalue weighted by molar-refractivity contribution is 0.0913. The van der Waals surface area contributed by atoms with E-state index in [1.165, 1.54) is 0 Å². The van der Waals surface area contributed by atoms with Crippen molar-refractivity contribution >= 4 is 11.7 Å². The Hall–Kier alpha value is -2.82. The zero-order valence-corrected chi connectivity index (χ0v) is 14.0. The van der Waals surface area contributed by atoms with E-state index in [1.54, 1.807) is 25.3 Å². The quantitative estimate of drug-likeness (QED) is 0.935. The van der Waals surface area contributed by atoms with Crippen molar-refractivity contribution in [2.45, 2.75) is 25.3 Å². The highest BCUT2D eigenvalue weighted by Gasteiger charge is 2.27. The van der Waals surface area contributed by atoms with Gasteiger partial charge in [0, 0.05) is 23.1 Å². The first-order chi connectivity index (χ1) is 12.2. The van der Waals surface area contributed by atoms with Gasteiger partial charge in [0.2, 0.25) is 0 Å². The average molecular weight is 337 g/mol. The summed E-state index contributed by atoms with van der Waals surface area (Å²) in [6.45, 7) is 0.396. The van der Waals surface area contributed by atoms with Gasteiger partial charge in [0.15, 0.2) is 17.3 Å². The zero-order chi connectivity index (χ0) is 17.4. The van der Waals surface area contributed by atoms with Crippen LogP contribution in [0.15, 0.2) is 36.4 Å². The second-order valence-corrected chi connectivity index (χ2v) is 6.39. The minimum atomic E-state index is -0.147. The number of amides is 1. The van der Waals surface area contributed by atoms with Gasteiger partial charge in [0.25, 0.3) is 5.91 Å². The molecule has 2 aliphatic rings. The summed E-state index contributed by atoms with van der Waals surface area (Å²) in [7, 11) is 1.62. The van der Waals surface area contributed by atoms with Crippen LogP contribution in [0.5, 0.6) is 11.5 Å². The molecular weight excluding hydrogens is 318 g/mol. The average Bonchev–Trinajstić information content (AvgIpc) is 3.02. The fourth-order valence-electron chi connectivity index (χ4n) is 3.61. The van der Waals surface area contributed by atoms with Gasteiger partial charge in [-0.1, -0.05) is 24.3 Å². The first-order valence-corrected chi connectivity index (χ1v) is 8.42. The second-order valence-electron chi connectivity index (χ2n) is 6.39. The summed E-state index contributed by atoms with van der Waals surface area (Å²) in [6.07, 6.45) is 1.81. The molecule has 1 N–H and O–H groups in total. The van der Waals surface area contributed by atoms with Crippen LogP contribution in [-0.4, -0.2) is 31.4 Å². The SMILES string of the molecule is COc1cccc2c1OCC(NC(=O)c1cccc3c1CCC3=O)C2. The van der Waals surface area contributed by atoms with E-state index in [0.717, 1.165) is 16.9 Å². The number of carbonyl (C=O) groups is 2. The number of para-hydroxylation sites is 1. The first kappa shape index (κ1) is 15.7. The Morgan fingerprint density at radius 1 is 1.20 bits per heavy atom. The number of benzene rings is 2. The van der Waals surface area contributed by atoms with Gasteiger partial charge < -0.3 is 14.8 Å². The third-order valence-corrected chi connectivity index (χ3v) is 4.83. The molecule has 2 aromatic carbocycles. The van der Waals surface area contributed by atoms with Crippen molar-refractivity contribution in [2.75, 3.05) is 13.7 Å². The molecule has 0 aromatic heterocycles. The Labute approximate surface area is 145 Å². The van der Waals surface area contributed by atoms with Crippen molar-refractivity contribution in [2.24, 2.45) is 0 Å². The van der Waals surface area contributed by atoms with Crippen LogP contribution in [0.3, 0.4) is 0 Å². The van der Waals surface area contributed by atoms with Crippen LogP contribution in [0.4, 0.5) is 0 Å². The number of Topliss-reactive ketones (excluding diaryl/α,β-unsaturated/α-hetero) is 1. The van der Waals surface area contributed by atoms with Gasteiger partial charge in [0.05, 0.1) is 13.2 Å². The number of nitrogens with one attached hydrogen (secondary N) is 1. The van der Waals surface area contributed by atoms with Crippen molar-refractivity contribution in [3.8, 4) is 11.5 Å². The van der Waals surface area contributed by atoms with E-state index in [1.807, 2.05) is 18.2 Å². The molecule has 5 heteroatoms. The van der Waals surface area contributed by atoms with E-state index in [9.17, 15) is 9.59 Å². The van der Waals surface area contributed by atoms with Crippen LogP contribution in [0.25, 0.3) is 0 Å². The minimum Gasteiger partial charge on any atom is -0.493 e. The highest BCUT2D eigenvalue weighted by molar-refractivity contribution is 6.05. The molecule has 25 heavy (non-hydrogen) atoms. The van der Waals surface area contributed by atoms with Crippen molar-refractivity contribution in [1.82, 2.24) is 5.32 Å². The molecule has 1 aliphatic heterocycles. The molecule has 128 valence electrons. The zero-order valence-electron chi connectivity index (χ0n) is 14.0. The summed E-state index contributed by atoms with van der Waals surface area (Å²) in [5.41, 5.74) is 3.16. The normalized spacial score (nSPS) is 18.1. The number of rotatable bonds is 3. The molecule has 0 radical (unpaired) electrons. The van der Waals surface area contributed by atoms with E-state index in [-0.39, 0.29) is 17.7 Å². The second kappa shape index (κ2) is 6.24. The number of fused-ring (bicyclic) bond motifs is 2. The maximum absolute atomic E-state index is 12.7. The molecule has 2 aromatic rings. The Balaban J connectivity index is 1.52. The number of hydrogen-bond donors (Lipinski definition) is 1. The summed E-state index contributed by atoms with van der Waals surface area (Å²) in [6, 6.07) is 11.0. The van der Waals surface area contributed by atoms with Crippen LogP contribution >= 0.6 is 0 Å². The summed E-state index contributed by atoms with van der Waals surface area (Å²) in [5.74, 6) is 1.43. The fraction of sp³-hybridized carbons (Fsp3) is 0.300. The topological polar surface area (TPSA) is 64.6 Å². The summed E-state index contributed by atoms with van der Waals surface area (Å²) in [4.78, 5) is 24.6. The van der Waals surface area contributed by atoms with Crippen LogP contribution in [0.2, 0.25) is 0 Å². The highest BCUT2D eigenvalue weighted by Crippen LogP contribution is 2.34. The van der Waals surface area contributed by atoms with Crippen LogP contribution < -0.4 is 14.8 Å². The first-order valence-electron chi connectivity index (χ1n) is 8.42. The summed E-state index contributed by atoms with van der Waals surface area (Å²) in [5, 5.41) is 3.04. The molecule has 1 unspecified atom stereocenters. The Morgan fingerprint density at radius 3 is 2.88 bits per heavy atom. The number of methoxy groups -OCH3 is 1. The van der Waals surface area contributed by atoms with E-state index >= 15 is 0 Å². The molecule has 0 spiro atoms. The number of carbonyl (C=O) groups excluding carboxylic acids is 2. The summed E-state index contributed by atoms with van der Waals surface area (Å²) >= 11 is 0. The largest absolute Gasteiger partial charge is 0.493 e. The molecule has 0 fully saturated rings. The highest BCUT2D eigenvalue weighted by atomic mass is 16.5. The monoisotopic (exact) mass is 337 g/mol. The van der Waals surface area contributed by atoms with E-state index in [4.69, 9.17) is 9.47 Å². The lowest BCUT2D eigenvalue weighted by atomic mass is 10.00. The smallest absolute Gasteiger partial charge is 0.251 e. The number of ether oxygens (including phenoxy) is 2. The van der Waals surface area contributed by atoms with Gasteiger partial charge in [-0.2, -0.15) is 0 Å². The molecule has 1 amide bonds. The van der Waals surface area contributed by atoms with Gasteiger partial charge in [-0.15, -0.1) is 0 Å². The lowest BCUT2D eigenvalue weighted by Crippen LogP contribution is -2.43. The van der Waals surface area contributed by atoms with Crippen LogP contribution in [0, 0.1) is 0 Å². The lowest BCUT2D eigenvalue weighted by Gasteiger charge is -2.27. The maximum atomic E-state index is 12.7. The fourth-order valence-corrected chi connectivity index (χ4v) is 3.61. The van der Waals surface area contributed by atoms with Gasteiger partial charge in [-0.05, 0) is 30.5 Å². The number of hydrogen-bond acceptors (Lipinski definition) is 4.